The van der Waals surface area contributed by atoms with Crippen molar-refractivity contribution in [2.75, 3.05) is 6.54 Å². The summed E-state index contributed by atoms with van der Waals surface area (Å²) in [5, 5.41) is 3.55. The Morgan fingerprint density at radius 1 is 1.24 bits per heavy atom. The third kappa shape index (κ3) is 3.29. The number of rotatable bonds is 5. The third-order valence-electron chi connectivity index (χ3n) is 4.55. The minimum atomic E-state index is -0.0707. The number of hydrogen-bond acceptors (Lipinski definition) is 2. The van der Waals surface area contributed by atoms with Crippen LogP contribution in [0.2, 0.25) is 0 Å². The van der Waals surface area contributed by atoms with Crippen LogP contribution in [0.3, 0.4) is 0 Å². The summed E-state index contributed by atoms with van der Waals surface area (Å²) in [6, 6.07) is 8.28. The molecule has 0 aromatic heterocycles. The fourth-order valence-electron chi connectivity index (χ4n) is 2.93. The molecule has 1 aromatic rings. The molecular weight excluding hydrogens is 260 g/mol. The van der Waals surface area contributed by atoms with Crippen molar-refractivity contribution in [3.8, 4) is 0 Å². The number of nitrogens with zero attached hydrogens (tertiary/aromatic N) is 1. The average Bonchev–Trinajstić information content (AvgIpc) is 2.77. The lowest BCUT2D eigenvalue weighted by molar-refractivity contribution is -0.131. The first-order valence-electron chi connectivity index (χ1n) is 8.07. The first-order chi connectivity index (χ1) is 9.95. The molecule has 0 spiro atoms. The van der Waals surface area contributed by atoms with Gasteiger partial charge in [-0.05, 0) is 29.9 Å². The van der Waals surface area contributed by atoms with E-state index in [9.17, 15) is 4.79 Å². The van der Waals surface area contributed by atoms with Crippen LogP contribution >= 0.6 is 0 Å². The standard InChI is InChI=1S/C18H28N2O/c1-6-13(4)11-20-17(15-10-8-7-9-14(15)5)19-16(12(2)3)18(20)21/h7-10,12-13,16-17,19H,6,11H2,1-5H3. The molecular formula is C18H28N2O. The Hall–Kier alpha value is -1.35. The van der Waals surface area contributed by atoms with E-state index in [2.05, 4.69) is 64.2 Å². The van der Waals surface area contributed by atoms with Crippen molar-refractivity contribution in [2.24, 2.45) is 11.8 Å². The van der Waals surface area contributed by atoms with Crippen molar-refractivity contribution in [3.05, 3.63) is 35.4 Å². The molecule has 2 rings (SSSR count). The van der Waals surface area contributed by atoms with Crippen molar-refractivity contribution >= 4 is 5.91 Å². The summed E-state index contributed by atoms with van der Waals surface area (Å²) in [5.74, 6) is 1.08. The molecule has 3 heteroatoms. The van der Waals surface area contributed by atoms with Gasteiger partial charge in [0.1, 0.15) is 6.17 Å². The summed E-state index contributed by atoms with van der Waals surface area (Å²) < 4.78 is 0. The van der Waals surface area contributed by atoms with Gasteiger partial charge in [-0.1, -0.05) is 58.4 Å². The normalized spacial score (nSPS) is 23.9. The van der Waals surface area contributed by atoms with Gasteiger partial charge in [-0.3, -0.25) is 10.1 Å². The van der Waals surface area contributed by atoms with Gasteiger partial charge in [0.15, 0.2) is 0 Å². The Kier molecular flexibility index (Phi) is 5.04. The SMILES string of the molecule is CCC(C)CN1C(=O)C(C(C)C)NC1c1ccccc1C. The maximum Gasteiger partial charge on any atom is 0.241 e. The van der Waals surface area contributed by atoms with Crippen LogP contribution in [0.1, 0.15) is 51.4 Å². The van der Waals surface area contributed by atoms with Crippen LogP contribution < -0.4 is 5.32 Å². The van der Waals surface area contributed by atoms with Gasteiger partial charge in [-0.15, -0.1) is 0 Å². The molecule has 1 saturated heterocycles. The highest BCUT2D eigenvalue weighted by atomic mass is 16.2. The van der Waals surface area contributed by atoms with Crippen LogP contribution in [-0.2, 0) is 4.79 Å². The van der Waals surface area contributed by atoms with E-state index in [-0.39, 0.29) is 18.1 Å². The van der Waals surface area contributed by atoms with E-state index >= 15 is 0 Å². The second-order valence-corrected chi connectivity index (χ2v) is 6.65. The molecule has 3 unspecified atom stereocenters. The number of carbonyl (C=O) groups excluding carboxylic acids is 1. The number of amides is 1. The van der Waals surface area contributed by atoms with E-state index in [1.807, 2.05) is 4.90 Å². The molecule has 0 aliphatic carbocycles. The van der Waals surface area contributed by atoms with Crippen LogP contribution in [0.25, 0.3) is 0 Å². The van der Waals surface area contributed by atoms with Gasteiger partial charge in [0.25, 0.3) is 0 Å². The van der Waals surface area contributed by atoms with Crippen LogP contribution in [0.5, 0.6) is 0 Å². The summed E-state index contributed by atoms with van der Waals surface area (Å²) in [5.41, 5.74) is 2.46. The van der Waals surface area contributed by atoms with Gasteiger partial charge in [0, 0.05) is 6.54 Å². The van der Waals surface area contributed by atoms with E-state index in [0.717, 1.165) is 13.0 Å². The average molecular weight is 288 g/mol. The minimum Gasteiger partial charge on any atom is -0.321 e. The van der Waals surface area contributed by atoms with E-state index in [1.54, 1.807) is 0 Å². The zero-order valence-corrected chi connectivity index (χ0v) is 13.9. The Bertz CT molecular complexity index is 498. The van der Waals surface area contributed by atoms with Crippen molar-refractivity contribution < 1.29 is 4.79 Å². The highest BCUT2D eigenvalue weighted by Gasteiger charge is 2.41. The predicted molar refractivity (Wildman–Crippen MR) is 86.8 cm³/mol. The molecule has 3 nitrogen and oxygen atoms in total. The fraction of sp³-hybridized carbons (Fsp3) is 0.611. The Balaban J connectivity index is 2.32. The Morgan fingerprint density at radius 3 is 2.48 bits per heavy atom. The summed E-state index contributed by atoms with van der Waals surface area (Å²) in [4.78, 5) is 14.8. The molecule has 0 bridgehead atoms. The molecule has 116 valence electrons. The van der Waals surface area contributed by atoms with Crippen LogP contribution in [-0.4, -0.2) is 23.4 Å². The quantitative estimate of drug-likeness (QED) is 0.899. The molecule has 21 heavy (non-hydrogen) atoms. The maximum absolute atomic E-state index is 12.8. The maximum atomic E-state index is 12.8. The van der Waals surface area contributed by atoms with Crippen molar-refractivity contribution in [1.29, 1.82) is 0 Å². The third-order valence-corrected chi connectivity index (χ3v) is 4.55. The fourth-order valence-corrected chi connectivity index (χ4v) is 2.93. The van der Waals surface area contributed by atoms with Crippen LogP contribution in [0.4, 0.5) is 0 Å². The van der Waals surface area contributed by atoms with E-state index in [0.29, 0.717) is 11.8 Å². The van der Waals surface area contributed by atoms with Crippen molar-refractivity contribution in [3.63, 3.8) is 0 Å². The zero-order chi connectivity index (χ0) is 15.6. The van der Waals surface area contributed by atoms with E-state index < -0.39 is 0 Å². The van der Waals surface area contributed by atoms with Gasteiger partial charge in [-0.2, -0.15) is 0 Å². The molecule has 1 amide bonds. The topological polar surface area (TPSA) is 32.3 Å². The molecule has 0 radical (unpaired) electrons. The Morgan fingerprint density at radius 2 is 1.90 bits per heavy atom. The van der Waals surface area contributed by atoms with Crippen LogP contribution in [0, 0.1) is 18.8 Å². The minimum absolute atomic E-state index is 0.0140. The van der Waals surface area contributed by atoms with Gasteiger partial charge in [0.05, 0.1) is 6.04 Å². The zero-order valence-electron chi connectivity index (χ0n) is 13.9. The molecule has 3 atom stereocenters. The summed E-state index contributed by atoms with van der Waals surface area (Å²) in [6.45, 7) is 11.6. The number of carbonyl (C=O) groups is 1. The van der Waals surface area contributed by atoms with E-state index in [4.69, 9.17) is 0 Å². The number of hydrogen-bond donors (Lipinski definition) is 1. The van der Waals surface area contributed by atoms with Crippen molar-refractivity contribution in [1.82, 2.24) is 10.2 Å². The Labute approximate surface area is 128 Å². The molecule has 1 fully saturated rings. The van der Waals surface area contributed by atoms with Gasteiger partial charge in [0.2, 0.25) is 5.91 Å². The highest BCUT2D eigenvalue weighted by Crippen LogP contribution is 2.30. The summed E-state index contributed by atoms with van der Waals surface area (Å²) in [6.07, 6.45) is 1.11. The van der Waals surface area contributed by atoms with Gasteiger partial charge in [-0.25, -0.2) is 0 Å². The molecule has 0 saturated carbocycles. The van der Waals surface area contributed by atoms with Crippen LogP contribution in [0.15, 0.2) is 24.3 Å². The lowest BCUT2D eigenvalue weighted by atomic mass is 10.0. The number of aryl methyl sites for hydroxylation is 1. The molecule has 1 N–H and O–H groups in total. The highest BCUT2D eigenvalue weighted by molar-refractivity contribution is 5.85. The van der Waals surface area contributed by atoms with Gasteiger partial charge >= 0.3 is 0 Å². The lowest BCUT2D eigenvalue weighted by Crippen LogP contribution is -2.36. The molecule has 1 aromatic carbocycles. The summed E-state index contributed by atoms with van der Waals surface area (Å²) >= 11 is 0. The molecule has 1 heterocycles. The van der Waals surface area contributed by atoms with Crippen molar-refractivity contribution in [2.45, 2.75) is 53.2 Å². The first kappa shape index (κ1) is 16.0. The lowest BCUT2D eigenvalue weighted by Gasteiger charge is -2.28. The number of benzene rings is 1. The largest absolute Gasteiger partial charge is 0.321 e. The van der Waals surface area contributed by atoms with E-state index in [1.165, 1.54) is 11.1 Å². The number of nitrogens with one attached hydrogen (secondary N) is 1. The second kappa shape index (κ2) is 6.61. The monoisotopic (exact) mass is 288 g/mol. The molecule has 1 aliphatic heterocycles. The van der Waals surface area contributed by atoms with Gasteiger partial charge < -0.3 is 4.90 Å². The first-order valence-corrected chi connectivity index (χ1v) is 8.07. The smallest absolute Gasteiger partial charge is 0.241 e. The second-order valence-electron chi connectivity index (χ2n) is 6.65. The predicted octanol–water partition coefficient (Wildman–Crippen LogP) is 3.50. The molecule has 1 aliphatic rings. The summed E-state index contributed by atoms with van der Waals surface area (Å²) in [7, 11) is 0.